The first-order chi connectivity index (χ1) is 8.88. The minimum atomic E-state index is -0.910. The minimum Gasteiger partial charge on any atom is -0.386 e. The van der Waals surface area contributed by atoms with Gasteiger partial charge in [-0.1, -0.05) is 19.1 Å². The van der Waals surface area contributed by atoms with Gasteiger partial charge >= 0.3 is 0 Å². The van der Waals surface area contributed by atoms with E-state index in [0.717, 1.165) is 31.5 Å². The molecule has 0 atom stereocenters. The fraction of sp³-hybridized carbons (Fsp3) is 0.562. The minimum absolute atomic E-state index is 0.0815. The van der Waals surface area contributed by atoms with Crippen molar-refractivity contribution < 1.29 is 9.90 Å². The first-order valence-electron chi connectivity index (χ1n) is 7.00. The average Bonchev–Trinajstić information content (AvgIpc) is 2.38. The van der Waals surface area contributed by atoms with Gasteiger partial charge in [-0.25, -0.2) is 0 Å². The van der Waals surface area contributed by atoms with Crippen LogP contribution in [0.1, 0.15) is 49.5 Å². The molecule has 1 aliphatic heterocycles. The Hall–Kier alpha value is -1.35. The Labute approximate surface area is 115 Å². The zero-order chi connectivity index (χ0) is 14.0. The highest BCUT2D eigenvalue weighted by Gasteiger charge is 2.23. The largest absolute Gasteiger partial charge is 0.386 e. The first kappa shape index (κ1) is 14.1. The smallest absolute Gasteiger partial charge is 0.253 e. The van der Waals surface area contributed by atoms with Crippen molar-refractivity contribution >= 4 is 5.91 Å². The summed E-state index contributed by atoms with van der Waals surface area (Å²) in [5.41, 5.74) is 0.546. The molecule has 0 bridgehead atoms. The van der Waals surface area contributed by atoms with E-state index in [9.17, 15) is 9.90 Å². The Balaban J connectivity index is 2.15. The molecule has 0 aliphatic carbocycles. The Kier molecular flexibility index (Phi) is 3.95. The molecule has 104 valence electrons. The number of amides is 1. The van der Waals surface area contributed by atoms with Crippen LogP contribution in [0.5, 0.6) is 0 Å². The van der Waals surface area contributed by atoms with Gasteiger partial charge in [-0.05, 0) is 50.3 Å². The summed E-state index contributed by atoms with van der Waals surface area (Å²) in [6, 6.07) is 7.33. The number of hydrogen-bond acceptors (Lipinski definition) is 2. The van der Waals surface area contributed by atoms with Crippen molar-refractivity contribution in [2.24, 2.45) is 5.92 Å². The van der Waals surface area contributed by atoms with Crippen LogP contribution in [0.2, 0.25) is 0 Å². The highest BCUT2D eigenvalue weighted by molar-refractivity contribution is 5.94. The van der Waals surface area contributed by atoms with Gasteiger partial charge in [-0.3, -0.25) is 4.79 Å². The number of carbonyl (C=O) groups is 1. The topological polar surface area (TPSA) is 40.5 Å². The number of piperidine rings is 1. The molecule has 1 amide bonds. The van der Waals surface area contributed by atoms with E-state index in [-0.39, 0.29) is 5.91 Å². The molecule has 1 aromatic carbocycles. The lowest BCUT2D eigenvalue weighted by atomic mass is 9.95. The normalized spacial score (nSPS) is 17.6. The summed E-state index contributed by atoms with van der Waals surface area (Å²) in [5.74, 6) is 0.796. The lowest BCUT2D eigenvalue weighted by molar-refractivity contribution is 0.0693. The van der Waals surface area contributed by atoms with E-state index in [2.05, 4.69) is 6.92 Å². The molecule has 0 radical (unpaired) electrons. The van der Waals surface area contributed by atoms with E-state index in [1.54, 1.807) is 19.9 Å². The zero-order valence-corrected chi connectivity index (χ0v) is 12.0. The lowest BCUT2D eigenvalue weighted by Crippen LogP contribution is -2.38. The van der Waals surface area contributed by atoms with E-state index >= 15 is 0 Å². The van der Waals surface area contributed by atoms with Crippen molar-refractivity contribution in [1.29, 1.82) is 0 Å². The second kappa shape index (κ2) is 5.33. The molecule has 1 saturated heterocycles. The molecule has 1 aliphatic rings. The molecule has 3 heteroatoms. The van der Waals surface area contributed by atoms with Gasteiger partial charge in [0.05, 0.1) is 5.60 Å². The number of aliphatic hydroxyl groups is 1. The average molecular weight is 261 g/mol. The van der Waals surface area contributed by atoms with Crippen molar-refractivity contribution in [3.63, 3.8) is 0 Å². The molecule has 19 heavy (non-hydrogen) atoms. The first-order valence-corrected chi connectivity index (χ1v) is 7.00. The number of rotatable bonds is 2. The van der Waals surface area contributed by atoms with Crippen LogP contribution in [0.4, 0.5) is 0 Å². The van der Waals surface area contributed by atoms with E-state index in [0.29, 0.717) is 11.5 Å². The molecule has 0 unspecified atom stereocenters. The van der Waals surface area contributed by atoms with Crippen LogP contribution in [-0.4, -0.2) is 29.0 Å². The van der Waals surface area contributed by atoms with Crippen LogP contribution in [0, 0.1) is 5.92 Å². The predicted molar refractivity (Wildman–Crippen MR) is 76.0 cm³/mol. The third-order valence-electron chi connectivity index (χ3n) is 3.89. The highest BCUT2D eigenvalue weighted by Crippen LogP contribution is 2.22. The van der Waals surface area contributed by atoms with Gasteiger partial charge in [0.15, 0.2) is 0 Å². The van der Waals surface area contributed by atoms with Gasteiger partial charge < -0.3 is 10.0 Å². The van der Waals surface area contributed by atoms with Crippen LogP contribution >= 0.6 is 0 Å². The van der Waals surface area contributed by atoms with E-state index in [1.165, 1.54) is 0 Å². The number of hydrogen-bond donors (Lipinski definition) is 1. The van der Waals surface area contributed by atoms with Crippen LogP contribution < -0.4 is 0 Å². The number of likely N-dealkylation sites (tertiary alicyclic amines) is 1. The lowest BCUT2D eigenvalue weighted by Gasteiger charge is -2.30. The summed E-state index contributed by atoms with van der Waals surface area (Å²) in [6.45, 7) is 7.38. The number of carbonyl (C=O) groups excluding carboxylic acids is 1. The Bertz CT molecular complexity index is 454. The molecule has 3 nitrogen and oxygen atoms in total. The molecule has 0 saturated carbocycles. The van der Waals surface area contributed by atoms with Crippen molar-refractivity contribution in [2.75, 3.05) is 13.1 Å². The van der Waals surface area contributed by atoms with Crippen molar-refractivity contribution in [3.8, 4) is 0 Å². The van der Waals surface area contributed by atoms with Crippen molar-refractivity contribution in [1.82, 2.24) is 4.90 Å². The monoisotopic (exact) mass is 261 g/mol. The summed E-state index contributed by atoms with van der Waals surface area (Å²) < 4.78 is 0. The molecule has 2 rings (SSSR count). The van der Waals surface area contributed by atoms with E-state index in [4.69, 9.17) is 0 Å². The van der Waals surface area contributed by atoms with Crippen molar-refractivity contribution in [2.45, 2.75) is 39.2 Å². The van der Waals surface area contributed by atoms with Gasteiger partial charge in [-0.15, -0.1) is 0 Å². The van der Waals surface area contributed by atoms with Gasteiger partial charge in [0.2, 0.25) is 0 Å². The second-order valence-corrected chi connectivity index (χ2v) is 6.11. The summed E-state index contributed by atoms with van der Waals surface area (Å²) in [6.07, 6.45) is 2.16. The summed E-state index contributed by atoms with van der Waals surface area (Å²) in [7, 11) is 0. The fourth-order valence-corrected chi connectivity index (χ4v) is 2.43. The maximum atomic E-state index is 12.4. The van der Waals surface area contributed by atoms with Gasteiger partial charge in [0.1, 0.15) is 0 Å². The van der Waals surface area contributed by atoms with Gasteiger partial charge in [0.25, 0.3) is 5.91 Å². The third-order valence-corrected chi connectivity index (χ3v) is 3.89. The zero-order valence-electron chi connectivity index (χ0n) is 12.0. The van der Waals surface area contributed by atoms with Gasteiger partial charge in [0, 0.05) is 18.7 Å². The summed E-state index contributed by atoms with van der Waals surface area (Å²) in [4.78, 5) is 14.3. The van der Waals surface area contributed by atoms with E-state index < -0.39 is 5.60 Å². The van der Waals surface area contributed by atoms with Crippen LogP contribution in [-0.2, 0) is 5.60 Å². The molecule has 1 heterocycles. The van der Waals surface area contributed by atoms with Gasteiger partial charge in [-0.2, -0.15) is 0 Å². The van der Waals surface area contributed by atoms with Crippen LogP contribution in [0.15, 0.2) is 24.3 Å². The van der Waals surface area contributed by atoms with E-state index in [1.807, 2.05) is 23.1 Å². The fourth-order valence-electron chi connectivity index (χ4n) is 2.43. The Morgan fingerprint density at radius 3 is 2.53 bits per heavy atom. The maximum absolute atomic E-state index is 12.4. The second-order valence-electron chi connectivity index (χ2n) is 6.11. The summed E-state index contributed by atoms with van der Waals surface area (Å²) in [5, 5.41) is 10.0. The molecule has 1 aromatic rings. The summed E-state index contributed by atoms with van der Waals surface area (Å²) >= 11 is 0. The third kappa shape index (κ3) is 3.35. The molecule has 1 N–H and O–H groups in total. The predicted octanol–water partition coefficient (Wildman–Crippen LogP) is 2.79. The molecular formula is C16H23NO2. The number of nitrogens with zero attached hydrogens (tertiary/aromatic N) is 1. The quantitative estimate of drug-likeness (QED) is 0.889. The van der Waals surface area contributed by atoms with Crippen LogP contribution in [0.3, 0.4) is 0 Å². The molecule has 0 aromatic heterocycles. The standard InChI is InChI=1S/C16H23NO2/c1-12-7-9-17(10-8-12)15(18)13-5-4-6-14(11-13)16(2,3)19/h4-6,11-12,19H,7-10H2,1-3H3. The SMILES string of the molecule is CC1CCN(C(=O)c2cccc(C(C)(C)O)c2)CC1. The highest BCUT2D eigenvalue weighted by atomic mass is 16.3. The molecule has 0 spiro atoms. The Morgan fingerprint density at radius 1 is 1.32 bits per heavy atom. The van der Waals surface area contributed by atoms with Crippen molar-refractivity contribution in [3.05, 3.63) is 35.4 Å². The number of benzene rings is 1. The molecule has 1 fully saturated rings. The Morgan fingerprint density at radius 2 is 1.95 bits per heavy atom. The maximum Gasteiger partial charge on any atom is 0.253 e. The molecular weight excluding hydrogens is 238 g/mol. The van der Waals surface area contributed by atoms with Crippen LogP contribution in [0.25, 0.3) is 0 Å².